The van der Waals surface area contributed by atoms with Crippen LogP contribution in [-0.2, 0) is 5.41 Å². The molecule has 0 amide bonds. The number of pyridine rings is 1. The molecule has 7 nitrogen and oxygen atoms in total. The van der Waals surface area contributed by atoms with Gasteiger partial charge >= 0.3 is 12.6 Å². The molecule has 1 aliphatic carbocycles. The summed E-state index contributed by atoms with van der Waals surface area (Å²) in [5, 5.41) is 0.633. The van der Waals surface area contributed by atoms with Gasteiger partial charge in [-0.3, -0.25) is 9.36 Å². The molecule has 0 unspecified atom stereocenters. The summed E-state index contributed by atoms with van der Waals surface area (Å²) in [6, 6.07) is 13.6. The van der Waals surface area contributed by atoms with Gasteiger partial charge in [0, 0.05) is 28.1 Å². The van der Waals surface area contributed by atoms with Crippen molar-refractivity contribution in [2.24, 2.45) is 0 Å². The summed E-state index contributed by atoms with van der Waals surface area (Å²) in [5.74, 6) is 0.863. The summed E-state index contributed by atoms with van der Waals surface area (Å²) in [7, 11) is 0. The molecular formula is C26H21F2N3O4. The predicted octanol–water partition coefficient (Wildman–Crippen LogP) is 4.87. The monoisotopic (exact) mass is 477 g/mol. The van der Waals surface area contributed by atoms with Crippen LogP contribution in [0.5, 0.6) is 17.5 Å². The quantitative estimate of drug-likeness (QED) is 0.394. The zero-order valence-electron chi connectivity index (χ0n) is 18.8. The fourth-order valence-corrected chi connectivity index (χ4v) is 4.60. The van der Waals surface area contributed by atoms with Crippen molar-refractivity contribution in [2.75, 3.05) is 13.2 Å². The van der Waals surface area contributed by atoms with Gasteiger partial charge in [0.15, 0.2) is 5.65 Å². The lowest BCUT2D eigenvalue weighted by Crippen LogP contribution is -2.22. The zero-order chi connectivity index (χ0) is 24.2. The highest BCUT2D eigenvalue weighted by Gasteiger charge is 2.50. The van der Waals surface area contributed by atoms with Crippen molar-refractivity contribution in [3.05, 3.63) is 70.6 Å². The molecule has 0 radical (unpaired) electrons. The first-order valence-corrected chi connectivity index (χ1v) is 11.4. The van der Waals surface area contributed by atoms with Gasteiger partial charge in [0.2, 0.25) is 0 Å². The highest BCUT2D eigenvalue weighted by molar-refractivity contribution is 5.83. The van der Waals surface area contributed by atoms with Gasteiger partial charge in [-0.2, -0.15) is 13.8 Å². The van der Waals surface area contributed by atoms with Crippen LogP contribution in [0, 0.1) is 0 Å². The Kier molecular flexibility index (Phi) is 4.94. The average Bonchev–Trinajstić information content (AvgIpc) is 3.55. The summed E-state index contributed by atoms with van der Waals surface area (Å²) in [4.78, 5) is 22.6. The molecule has 9 heteroatoms. The van der Waals surface area contributed by atoms with Crippen molar-refractivity contribution in [3.8, 4) is 34.3 Å². The summed E-state index contributed by atoms with van der Waals surface area (Å²) in [6.45, 7) is -0.0792. The zero-order valence-corrected chi connectivity index (χ0v) is 18.8. The first kappa shape index (κ1) is 21.5. The Hall–Kier alpha value is -4.01. The van der Waals surface area contributed by atoms with Crippen molar-refractivity contribution in [2.45, 2.75) is 31.8 Å². The Labute approximate surface area is 198 Å². The number of ether oxygens (including phenoxy) is 3. The van der Waals surface area contributed by atoms with E-state index < -0.39 is 6.61 Å². The SMILES string of the molecule is CCOc1ncc2cc(-c3ccc4c(c3)C3(CC3)CO4)c(=O)n(-c3ccc(OC(F)F)cc3)c2n1. The molecule has 0 saturated heterocycles. The van der Waals surface area contributed by atoms with Gasteiger partial charge in [0.25, 0.3) is 5.56 Å². The maximum atomic E-state index is 13.9. The number of halogens is 2. The predicted molar refractivity (Wildman–Crippen MR) is 125 cm³/mol. The van der Waals surface area contributed by atoms with Gasteiger partial charge in [-0.15, -0.1) is 0 Å². The molecule has 6 rings (SSSR count). The Morgan fingerprint density at radius 2 is 1.94 bits per heavy atom. The minimum atomic E-state index is -2.94. The summed E-state index contributed by atoms with van der Waals surface area (Å²) < 4.78 is 42.4. The topological polar surface area (TPSA) is 75.5 Å². The summed E-state index contributed by atoms with van der Waals surface area (Å²) >= 11 is 0. The second-order valence-electron chi connectivity index (χ2n) is 8.72. The smallest absolute Gasteiger partial charge is 0.387 e. The molecule has 1 aliphatic heterocycles. The molecule has 4 aromatic rings. The molecular weight excluding hydrogens is 456 g/mol. The van der Waals surface area contributed by atoms with Crippen molar-refractivity contribution in [1.29, 1.82) is 0 Å². The molecule has 1 spiro atoms. The Morgan fingerprint density at radius 3 is 2.66 bits per heavy atom. The third-order valence-corrected chi connectivity index (χ3v) is 6.53. The van der Waals surface area contributed by atoms with Crippen LogP contribution in [0.15, 0.2) is 59.5 Å². The molecule has 2 aromatic carbocycles. The third kappa shape index (κ3) is 3.67. The summed E-state index contributed by atoms with van der Waals surface area (Å²) in [5.41, 5.74) is 2.95. The van der Waals surface area contributed by atoms with Gasteiger partial charge in [0.1, 0.15) is 11.5 Å². The molecule has 0 bridgehead atoms. The van der Waals surface area contributed by atoms with E-state index in [1.165, 1.54) is 16.7 Å². The number of fused-ring (bicyclic) bond motifs is 3. The van der Waals surface area contributed by atoms with Crippen LogP contribution in [0.1, 0.15) is 25.3 Å². The number of aromatic nitrogens is 3. The fraction of sp³-hybridized carbons (Fsp3) is 0.269. The molecule has 1 saturated carbocycles. The Bertz CT molecular complexity index is 1500. The van der Waals surface area contributed by atoms with Gasteiger partial charge in [-0.25, -0.2) is 4.98 Å². The second-order valence-corrected chi connectivity index (χ2v) is 8.72. The van der Waals surface area contributed by atoms with Crippen molar-refractivity contribution >= 4 is 11.0 Å². The van der Waals surface area contributed by atoms with E-state index in [-0.39, 0.29) is 22.7 Å². The van der Waals surface area contributed by atoms with Crippen molar-refractivity contribution in [1.82, 2.24) is 14.5 Å². The molecule has 0 atom stereocenters. The maximum absolute atomic E-state index is 13.9. The van der Waals surface area contributed by atoms with E-state index >= 15 is 0 Å². The van der Waals surface area contributed by atoms with E-state index in [9.17, 15) is 13.6 Å². The number of benzene rings is 2. The lowest BCUT2D eigenvalue weighted by Gasteiger charge is -2.14. The molecule has 1 fully saturated rings. The molecule has 0 N–H and O–H groups in total. The fourth-order valence-electron chi connectivity index (χ4n) is 4.60. The van der Waals surface area contributed by atoms with E-state index in [1.54, 1.807) is 24.4 Å². The van der Waals surface area contributed by atoms with Crippen LogP contribution >= 0.6 is 0 Å². The lowest BCUT2D eigenvalue weighted by molar-refractivity contribution is -0.0498. The van der Waals surface area contributed by atoms with Crippen LogP contribution in [0.4, 0.5) is 8.78 Å². The van der Waals surface area contributed by atoms with Crippen LogP contribution in [-0.4, -0.2) is 34.4 Å². The van der Waals surface area contributed by atoms with Crippen LogP contribution < -0.4 is 19.8 Å². The van der Waals surface area contributed by atoms with Crippen molar-refractivity contribution < 1.29 is 23.0 Å². The molecule has 2 aromatic heterocycles. The van der Waals surface area contributed by atoms with Crippen molar-refractivity contribution in [3.63, 3.8) is 0 Å². The first-order valence-electron chi connectivity index (χ1n) is 11.4. The van der Waals surface area contributed by atoms with Gasteiger partial charge < -0.3 is 14.2 Å². The first-order chi connectivity index (χ1) is 17.0. The van der Waals surface area contributed by atoms with Gasteiger partial charge in [0.05, 0.1) is 18.9 Å². The lowest BCUT2D eigenvalue weighted by atomic mass is 9.94. The Morgan fingerprint density at radius 1 is 1.14 bits per heavy atom. The van der Waals surface area contributed by atoms with E-state index in [1.807, 2.05) is 25.1 Å². The molecule has 3 heterocycles. The minimum Gasteiger partial charge on any atom is -0.492 e. The number of hydrogen-bond acceptors (Lipinski definition) is 6. The average molecular weight is 477 g/mol. The standard InChI is InChI=1S/C26H21F2N3O4/c1-2-33-25-29-13-16-11-19(15-3-8-21-20(12-15)26(9-10-26)14-34-21)23(32)31(22(16)30-25)17-4-6-18(7-5-17)35-24(27)28/h3-8,11-13,24H,2,9-10,14H2,1H3. The van der Waals surface area contributed by atoms with Crippen LogP contribution in [0.3, 0.4) is 0 Å². The van der Waals surface area contributed by atoms with Gasteiger partial charge in [-0.05, 0) is 67.8 Å². The highest BCUT2D eigenvalue weighted by Crippen LogP contribution is 2.55. The van der Waals surface area contributed by atoms with E-state index in [4.69, 9.17) is 9.47 Å². The number of nitrogens with zero attached hydrogens (tertiary/aromatic N) is 3. The van der Waals surface area contributed by atoms with E-state index in [2.05, 4.69) is 14.7 Å². The largest absolute Gasteiger partial charge is 0.492 e. The Balaban J connectivity index is 1.54. The van der Waals surface area contributed by atoms with Crippen LogP contribution in [0.2, 0.25) is 0 Å². The summed E-state index contributed by atoms with van der Waals surface area (Å²) in [6.07, 6.45) is 3.76. The highest BCUT2D eigenvalue weighted by atomic mass is 19.3. The normalized spacial score (nSPS) is 15.3. The minimum absolute atomic E-state index is 0.00440. The number of rotatable bonds is 6. The van der Waals surface area contributed by atoms with E-state index in [0.29, 0.717) is 35.5 Å². The van der Waals surface area contributed by atoms with Crippen LogP contribution in [0.25, 0.3) is 27.8 Å². The maximum Gasteiger partial charge on any atom is 0.387 e. The van der Waals surface area contributed by atoms with E-state index in [0.717, 1.165) is 29.7 Å². The third-order valence-electron chi connectivity index (χ3n) is 6.53. The molecule has 178 valence electrons. The molecule has 35 heavy (non-hydrogen) atoms. The number of alkyl halides is 2. The second kappa shape index (κ2) is 8.04. The number of hydrogen-bond donors (Lipinski definition) is 0. The van der Waals surface area contributed by atoms with Gasteiger partial charge in [-0.1, -0.05) is 6.07 Å². The molecule has 2 aliphatic rings.